The average Bonchev–Trinajstić information content (AvgIpc) is 3.73. The maximum atomic E-state index is 13.3. The lowest BCUT2D eigenvalue weighted by atomic mass is 10.0. The van der Waals surface area contributed by atoms with E-state index >= 15 is 0 Å². The van der Waals surface area contributed by atoms with Crippen LogP contribution in [-0.4, -0.2) is 141 Å². The summed E-state index contributed by atoms with van der Waals surface area (Å²) in [6.07, 6.45) is 0.335. The number of aliphatic hydroxyl groups excluding tert-OH is 1. The molecule has 0 aromatic heterocycles. The summed E-state index contributed by atoms with van der Waals surface area (Å²) in [5, 5.41) is 31.6. The molecule has 0 bridgehead atoms. The number of likely N-dealkylation sites (tertiary alicyclic amines) is 2. The van der Waals surface area contributed by atoms with Gasteiger partial charge in [0.15, 0.2) is 0 Å². The number of hydrogen-bond acceptors (Lipinski definition) is 11. The molecule has 2 fully saturated rings. The molecule has 18 nitrogen and oxygen atoms in total. The number of aliphatic hydroxyl groups is 1. The van der Waals surface area contributed by atoms with Crippen LogP contribution >= 0.6 is 12.6 Å². The Morgan fingerprint density at radius 2 is 1.31 bits per heavy atom. The van der Waals surface area contributed by atoms with Crippen LogP contribution in [0.2, 0.25) is 0 Å². The van der Waals surface area contributed by atoms with E-state index in [0.29, 0.717) is 32.2 Å². The lowest BCUT2D eigenvalue weighted by Crippen LogP contribution is -2.62. The summed E-state index contributed by atoms with van der Waals surface area (Å²) >= 11 is 4.11. The fraction of sp³-hybridized carbons (Fsp3) is 0.733. The van der Waals surface area contributed by atoms with Crippen molar-refractivity contribution >= 4 is 59.9 Å². The van der Waals surface area contributed by atoms with Gasteiger partial charge < -0.3 is 52.3 Å². The number of carboxylic acids is 1. The van der Waals surface area contributed by atoms with Crippen LogP contribution in [-0.2, 0) is 38.4 Å². The number of hydrogen-bond donors (Lipinski definition) is 9. The van der Waals surface area contributed by atoms with E-state index < -0.39 is 108 Å². The number of nitrogens with two attached hydrogens (primary N) is 1. The summed E-state index contributed by atoms with van der Waals surface area (Å²) in [7, 11) is 0. The molecular weight excluding hydrogens is 664 g/mol. The van der Waals surface area contributed by atoms with Crippen molar-refractivity contribution in [2.75, 3.05) is 25.4 Å². The Kier molecular flexibility index (Phi) is 15.7. The van der Waals surface area contributed by atoms with Crippen LogP contribution < -0.4 is 32.3 Å². The second kappa shape index (κ2) is 18.7. The fourth-order valence-electron chi connectivity index (χ4n) is 5.55. The highest BCUT2D eigenvalue weighted by atomic mass is 32.1. The van der Waals surface area contributed by atoms with Crippen molar-refractivity contribution in [3.8, 4) is 0 Å². The van der Waals surface area contributed by atoms with E-state index in [2.05, 4.69) is 39.2 Å². The SMILES string of the molecule is CC(N)C(=O)N1CCCC1C(=O)NC(C(=O)NC(C(=O)NC(CS)C(=O)NCC(=O)N1CCCC1C(=O)NC(C)C(=O)O)C(C)O)C(C)C. The largest absolute Gasteiger partial charge is 0.480 e. The lowest BCUT2D eigenvalue weighted by molar-refractivity contribution is -0.143. The predicted molar refractivity (Wildman–Crippen MR) is 178 cm³/mol. The zero-order valence-corrected chi connectivity index (χ0v) is 29.3. The van der Waals surface area contributed by atoms with Crippen molar-refractivity contribution in [1.82, 2.24) is 36.4 Å². The van der Waals surface area contributed by atoms with Gasteiger partial charge in [0.1, 0.15) is 36.3 Å². The molecule has 19 heteroatoms. The third-order valence-corrected chi connectivity index (χ3v) is 8.74. The number of carbonyl (C=O) groups excluding carboxylic acids is 7. The first-order valence-corrected chi connectivity index (χ1v) is 16.9. The van der Waals surface area contributed by atoms with Gasteiger partial charge >= 0.3 is 5.97 Å². The number of rotatable bonds is 16. The Balaban J connectivity index is 2.02. The van der Waals surface area contributed by atoms with Gasteiger partial charge in [0.05, 0.1) is 18.7 Å². The van der Waals surface area contributed by atoms with Gasteiger partial charge in [-0.2, -0.15) is 12.6 Å². The van der Waals surface area contributed by atoms with Gasteiger partial charge in [-0.15, -0.1) is 0 Å². The van der Waals surface area contributed by atoms with Crippen molar-refractivity contribution in [2.24, 2.45) is 11.7 Å². The van der Waals surface area contributed by atoms with E-state index in [9.17, 15) is 43.5 Å². The number of thiol groups is 1. The summed E-state index contributed by atoms with van der Waals surface area (Å²) in [5.74, 6) is -6.63. The fourth-order valence-corrected chi connectivity index (χ4v) is 5.81. The van der Waals surface area contributed by atoms with Gasteiger partial charge in [0.2, 0.25) is 41.4 Å². The molecule has 276 valence electrons. The predicted octanol–water partition coefficient (Wildman–Crippen LogP) is -3.56. The Hall–Kier alpha value is -3.97. The topological polar surface area (TPSA) is 270 Å². The van der Waals surface area contributed by atoms with Gasteiger partial charge in [-0.1, -0.05) is 13.8 Å². The molecule has 2 heterocycles. The molecule has 0 spiro atoms. The lowest BCUT2D eigenvalue weighted by Gasteiger charge is -2.30. The van der Waals surface area contributed by atoms with E-state index in [1.54, 1.807) is 13.8 Å². The highest BCUT2D eigenvalue weighted by Gasteiger charge is 2.39. The molecule has 0 aromatic rings. The minimum absolute atomic E-state index is 0.221. The minimum atomic E-state index is -1.55. The number of amides is 7. The first kappa shape index (κ1) is 41.2. The highest BCUT2D eigenvalue weighted by molar-refractivity contribution is 7.80. The van der Waals surface area contributed by atoms with Crippen LogP contribution in [0.3, 0.4) is 0 Å². The van der Waals surface area contributed by atoms with Crippen molar-refractivity contribution in [3.63, 3.8) is 0 Å². The third-order valence-electron chi connectivity index (χ3n) is 8.37. The standard InChI is InChI=1S/C30H50N8O10S/c1-14(2)22(35-26(43)20-9-7-11-38(20)29(46)15(3)31)27(44)36-23(17(5)39)28(45)34-18(13-49)24(41)32-12-21(40)37-10-6-8-19(37)25(42)33-16(4)30(47)48/h14-20,22-23,39,49H,6-13,31H2,1-5H3,(H,32,41)(H,33,42)(H,34,45)(H,35,43)(H,36,44)(H,47,48). The normalized spacial score (nSPS) is 21.1. The molecule has 9 N–H and O–H groups in total. The number of nitrogens with one attached hydrogen (secondary N) is 5. The van der Waals surface area contributed by atoms with Crippen LogP contribution in [0.1, 0.15) is 60.3 Å². The van der Waals surface area contributed by atoms with Crippen LogP contribution in [0.25, 0.3) is 0 Å². The molecule has 2 saturated heterocycles. The number of nitrogens with zero attached hydrogens (tertiary/aromatic N) is 2. The number of aliphatic carboxylic acids is 1. The average molecular weight is 715 g/mol. The molecule has 8 unspecified atom stereocenters. The molecule has 0 aliphatic carbocycles. The Labute approximate surface area is 290 Å². The Morgan fingerprint density at radius 3 is 1.82 bits per heavy atom. The van der Waals surface area contributed by atoms with Crippen molar-refractivity contribution in [3.05, 3.63) is 0 Å². The van der Waals surface area contributed by atoms with Gasteiger partial charge in [0, 0.05) is 18.8 Å². The Morgan fingerprint density at radius 1 is 0.776 bits per heavy atom. The quantitative estimate of drug-likeness (QED) is 0.0706. The molecule has 0 aromatic carbocycles. The molecule has 0 saturated carbocycles. The summed E-state index contributed by atoms with van der Waals surface area (Å²) in [5.41, 5.74) is 5.72. The summed E-state index contributed by atoms with van der Waals surface area (Å²) < 4.78 is 0. The second-order valence-electron chi connectivity index (χ2n) is 12.7. The van der Waals surface area contributed by atoms with Crippen molar-refractivity contribution in [1.29, 1.82) is 0 Å². The van der Waals surface area contributed by atoms with Crippen molar-refractivity contribution in [2.45, 2.75) is 109 Å². The van der Waals surface area contributed by atoms with Gasteiger partial charge in [0.25, 0.3) is 0 Å². The monoisotopic (exact) mass is 714 g/mol. The molecule has 2 aliphatic rings. The third kappa shape index (κ3) is 11.3. The van der Waals surface area contributed by atoms with Gasteiger partial charge in [-0.3, -0.25) is 38.4 Å². The first-order chi connectivity index (χ1) is 22.9. The summed E-state index contributed by atoms with van der Waals surface area (Å²) in [6.45, 7) is 7.42. The Bertz CT molecular complexity index is 1260. The van der Waals surface area contributed by atoms with E-state index in [0.717, 1.165) is 0 Å². The van der Waals surface area contributed by atoms with E-state index in [4.69, 9.17) is 10.8 Å². The maximum Gasteiger partial charge on any atom is 0.325 e. The zero-order chi connectivity index (χ0) is 37.2. The van der Waals surface area contributed by atoms with Crippen LogP contribution in [0.4, 0.5) is 0 Å². The van der Waals surface area contributed by atoms with E-state index in [1.807, 2.05) is 0 Å². The van der Waals surface area contributed by atoms with Crippen LogP contribution in [0.15, 0.2) is 0 Å². The molecule has 8 atom stereocenters. The van der Waals surface area contributed by atoms with Crippen LogP contribution in [0, 0.1) is 5.92 Å². The summed E-state index contributed by atoms with van der Waals surface area (Å²) in [6, 6.07) is -7.69. The van der Waals surface area contributed by atoms with E-state index in [1.165, 1.54) is 30.6 Å². The van der Waals surface area contributed by atoms with Gasteiger partial charge in [-0.05, 0) is 52.4 Å². The molecule has 49 heavy (non-hydrogen) atoms. The van der Waals surface area contributed by atoms with E-state index in [-0.39, 0.29) is 12.3 Å². The highest BCUT2D eigenvalue weighted by Crippen LogP contribution is 2.20. The minimum Gasteiger partial charge on any atom is -0.480 e. The molecule has 2 rings (SSSR count). The zero-order valence-electron chi connectivity index (χ0n) is 28.4. The van der Waals surface area contributed by atoms with Crippen molar-refractivity contribution < 1.29 is 48.6 Å². The molecule has 7 amide bonds. The molecular formula is C30H50N8O10S. The van der Waals surface area contributed by atoms with Gasteiger partial charge in [-0.25, -0.2) is 0 Å². The second-order valence-corrected chi connectivity index (χ2v) is 13.1. The molecule has 0 radical (unpaired) electrons. The number of carbonyl (C=O) groups is 8. The number of carboxylic acid groups (broad SMARTS) is 1. The smallest absolute Gasteiger partial charge is 0.325 e. The maximum absolute atomic E-state index is 13.3. The molecule has 2 aliphatic heterocycles. The first-order valence-electron chi connectivity index (χ1n) is 16.3. The van der Waals surface area contributed by atoms with Crippen LogP contribution in [0.5, 0.6) is 0 Å². The summed E-state index contributed by atoms with van der Waals surface area (Å²) in [4.78, 5) is 104.